The number of amides is 2. The summed E-state index contributed by atoms with van der Waals surface area (Å²) in [6.07, 6.45) is 4.68. The SMILES string of the molecule is O=C(O)CC[C@H](NC(=O)NC1CCCCC1)C(=O)O. The van der Waals surface area contributed by atoms with Crippen LogP contribution in [0, 0.1) is 0 Å². The Morgan fingerprint density at radius 1 is 1.11 bits per heavy atom. The second kappa shape index (κ2) is 7.60. The van der Waals surface area contributed by atoms with Gasteiger partial charge in [-0.25, -0.2) is 9.59 Å². The second-order valence-corrected chi connectivity index (χ2v) is 4.78. The number of urea groups is 1. The number of nitrogens with one attached hydrogen (secondary N) is 2. The third kappa shape index (κ3) is 6.08. The van der Waals surface area contributed by atoms with E-state index in [2.05, 4.69) is 10.6 Å². The first kappa shape index (κ1) is 15.3. The molecule has 0 aromatic carbocycles. The van der Waals surface area contributed by atoms with Crippen LogP contribution >= 0.6 is 0 Å². The van der Waals surface area contributed by atoms with Crippen molar-refractivity contribution in [1.82, 2.24) is 10.6 Å². The van der Waals surface area contributed by atoms with Crippen molar-refractivity contribution in [2.75, 3.05) is 0 Å². The fraction of sp³-hybridized carbons (Fsp3) is 0.750. The summed E-state index contributed by atoms with van der Waals surface area (Å²) in [5, 5.41) is 22.5. The summed E-state index contributed by atoms with van der Waals surface area (Å²) < 4.78 is 0. The average molecular weight is 272 g/mol. The lowest BCUT2D eigenvalue weighted by Gasteiger charge is -2.24. The van der Waals surface area contributed by atoms with Crippen LogP contribution in [0.4, 0.5) is 4.79 Å². The predicted molar refractivity (Wildman–Crippen MR) is 66.8 cm³/mol. The molecule has 0 aromatic rings. The number of carboxylic acids is 2. The van der Waals surface area contributed by atoms with Crippen molar-refractivity contribution in [3.8, 4) is 0 Å². The number of rotatable bonds is 6. The minimum atomic E-state index is -1.22. The molecule has 108 valence electrons. The Bertz CT molecular complexity index is 339. The van der Waals surface area contributed by atoms with Crippen LogP contribution < -0.4 is 10.6 Å². The molecule has 0 aromatic heterocycles. The molecule has 2 amide bonds. The van der Waals surface area contributed by atoms with E-state index < -0.39 is 24.0 Å². The summed E-state index contributed by atoms with van der Waals surface area (Å²) in [5.41, 5.74) is 0. The zero-order chi connectivity index (χ0) is 14.3. The van der Waals surface area contributed by atoms with Crippen molar-refractivity contribution >= 4 is 18.0 Å². The van der Waals surface area contributed by atoms with E-state index in [4.69, 9.17) is 10.2 Å². The molecular formula is C12H20N2O5. The number of hydrogen-bond acceptors (Lipinski definition) is 3. The quantitative estimate of drug-likeness (QED) is 0.574. The second-order valence-electron chi connectivity index (χ2n) is 4.78. The smallest absolute Gasteiger partial charge is 0.326 e. The molecular weight excluding hydrogens is 252 g/mol. The maximum Gasteiger partial charge on any atom is 0.326 e. The largest absolute Gasteiger partial charge is 0.481 e. The van der Waals surface area contributed by atoms with Crippen molar-refractivity contribution in [1.29, 1.82) is 0 Å². The lowest BCUT2D eigenvalue weighted by atomic mass is 9.96. The standard InChI is InChI=1S/C12H20N2O5/c15-10(16)7-6-9(11(17)18)14-12(19)13-8-4-2-1-3-5-8/h8-9H,1-7H2,(H,15,16)(H,17,18)(H2,13,14,19)/t9-/m0/s1. The van der Waals surface area contributed by atoms with Crippen molar-refractivity contribution in [2.24, 2.45) is 0 Å². The predicted octanol–water partition coefficient (Wildman–Crippen LogP) is 0.936. The number of aliphatic carboxylic acids is 2. The van der Waals surface area contributed by atoms with Crippen LogP contribution in [0.1, 0.15) is 44.9 Å². The van der Waals surface area contributed by atoms with E-state index >= 15 is 0 Å². The molecule has 0 aliphatic heterocycles. The molecule has 19 heavy (non-hydrogen) atoms. The van der Waals surface area contributed by atoms with Crippen molar-refractivity contribution in [2.45, 2.75) is 57.0 Å². The van der Waals surface area contributed by atoms with Crippen LogP contribution in [0.3, 0.4) is 0 Å². The Morgan fingerprint density at radius 3 is 2.26 bits per heavy atom. The number of carbonyl (C=O) groups excluding carboxylic acids is 1. The minimum Gasteiger partial charge on any atom is -0.481 e. The van der Waals surface area contributed by atoms with Gasteiger partial charge in [0.2, 0.25) is 0 Å². The highest BCUT2D eigenvalue weighted by Gasteiger charge is 2.22. The van der Waals surface area contributed by atoms with Crippen molar-refractivity contribution in [3.63, 3.8) is 0 Å². The summed E-state index contributed by atoms with van der Waals surface area (Å²) in [6, 6.07) is -1.62. The zero-order valence-corrected chi connectivity index (χ0v) is 10.7. The van der Waals surface area contributed by atoms with Gasteiger partial charge < -0.3 is 20.8 Å². The fourth-order valence-electron chi connectivity index (χ4n) is 2.16. The fourth-order valence-corrected chi connectivity index (χ4v) is 2.16. The van der Waals surface area contributed by atoms with Gasteiger partial charge in [-0.05, 0) is 19.3 Å². The first-order valence-electron chi connectivity index (χ1n) is 6.50. The Hall–Kier alpha value is -1.79. The number of carboxylic acid groups (broad SMARTS) is 2. The molecule has 1 aliphatic carbocycles. The maximum absolute atomic E-state index is 11.6. The van der Waals surface area contributed by atoms with E-state index in [1.165, 1.54) is 0 Å². The summed E-state index contributed by atoms with van der Waals surface area (Å²) in [7, 11) is 0. The highest BCUT2D eigenvalue weighted by Crippen LogP contribution is 2.17. The summed E-state index contributed by atoms with van der Waals surface area (Å²) in [6.45, 7) is 0. The molecule has 0 unspecified atom stereocenters. The number of hydrogen-bond donors (Lipinski definition) is 4. The molecule has 0 spiro atoms. The normalized spacial score (nSPS) is 17.5. The summed E-state index contributed by atoms with van der Waals surface area (Å²) >= 11 is 0. The molecule has 0 saturated heterocycles. The van der Waals surface area contributed by atoms with Gasteiger partial charge in [-0.2, -0.15) is 0 Å². The summed E-state index contributed by atoms with van der Waals surface area (Å²) in [5.74, 6) is -2.30. The van der Waals surface area contributed by atoms with Crippen LogP contribution in [0.25, 0.3) is 0 Å². The highest BCUT2D eigenvalue weighted by atomic mass is 16.4. The van der Waals surface area contributed by atoms with Gasteiger partial charge in [-0.3, -0.25) is 4.79 Å². The van der Waals surface area contributed by atoms with E-state index in [-0.39, 0.29) is 18.9 Å². The molecule has 1 rings (SSSR count). The topological polar surface area (TPSA) is 116 Å². The molecule has 1 aliphatic rings. The lowest BCUT2D eigenvalue weighted by molar-refractivity contribution is -0.140. The monoisotopic (exact) mass is 272 g/mol. The third-order valence-corrected chi connectivity index (χ3v) is 3.19. The molecule has 4 N–H and O–H groups in total. The molecule has 0 heterocycles. The maximum atomic E-state index is 11.6. The van der Waals surface area contributed by atoms with Crippen molar-refractivity contribution in [3.05, 3.63) is 0 Å². The number of carbonyl (C=O) groups is 3. The van der Waals surface area contributed by atoms with Gasteiger partial charge in [0.1, 0.15) is 6.04 Å². The van der Waals surface area contributed by atoms with Crippen LogP contribution in [-0.4, -0.2) is 40.3 Å². The van der Waals surface area contributed by atoms with Crippen LogP contribution in [0.2, 0.25) is 0 Å². The van der Waals surface area contributed by atoms with Gasteiger partial charge in [-0.1, -0.05) is 19.3 Å². The van der Waals surface area contributed by atoms with Crippen molar-refractivity contribution < 1.29 is 24.6 Å². The van der Waals surface area contributed by atoms with Crippen LogP contribution in [0.15, 0.2) is 0 Å². The minimum absolute atomic E-state index is 0.0858. The first-order valence-corrected chi connectivity index (χ1v) is 6.50. The molecule has 7 heteroatoms. The molecule has 1 fully saturated rings. The molecule has 0 bridgehead atoms. The Labute approximate surface area is 111 Å². The third-order valence-electron chi connectivity index (χ3n) is 3.19. The van der Waals surface area contributed by atoms with Gasteiger partial charge in [0.15, 0.2) is 0 Å². The van der Waals surface area contributed by atoms with Gasteiger partial charge in [-0.15, -0.1) is 0 Å². The van der Waals surface area contributed by atoms with Gasteiger partial charge in [0.05, 0.1) is 0 Å². The van der Waals surface area contributed by atoms with E-state index in [9.17, 15) is 14.4 Å². The Kier molecular flexibility index (Phi) is 6.11. The Balaban J connectivity index is 2.37. The average Bonchev–Trinajstić information content (AvgIpc) is 2.35. The molecule has 0 radical (unpaired) electrons. The van der Waals surface area contributed by atoms with E-state index in [1.807, 2.05) is 0 Å². The van der Waals surface area contributed by atoms with Gasteiger partial charge >= 0.3 is 18.0 Å². The highest BCUT2D eigenvalue weighted by molar-refractivity contribution is 5.83. The Morgan fingerprint density at radius 2 is 1.74 bits per heavy atom. The van der Waals surface area contributed by atoms with E-state index in [0.717, 1.165) is 32.1 Å². The zero-order valence-electron chi connectivity index (χ0n) is 10.7. The van der Waals surface area contributed by atoms with E-state index in [0.29, 0.717) is 0 Å². The van der Waals surface area contributed by atoms with Crippen LogP contribution in [0.5, 0.6) is 0 Å². The molecule has 1 saturated carbocycles. The van der Waals surface area contributed by atoms with Gasteiger partial charge in [0.25, 0.3) is 0 Å². The van der Waals surface area contributed by atoms with Crippen LogP contribution in [-0.2, 0) is 9.59 Å². The van der Waals surface area contributed by atoms with E-state index in [1.54, 1.807) is 0 Å². The van der Waals surface area contributed by atoms with Gasteiger partial charge in [0, 0.05) is 12.5 Å². The molecule has 7 nitrogen and oxygen atoms in total. The lowest BCUT2D eigenvalue weighted by Crippen LogP contribution is -2.49. The molecule has 1 atom stereocenters. The summed E-state index contributed by atoms with van der Waals surface area (Å²) in [4.78, 5) is 32.9. The first-order chi connectivity index (χ1) is 8.99.